The van der Waals surface area contributed by atoms with Crippen LogP contribution in [0.3, 0.4) is 0 Å². The molecule has 1 nitrogen and oxygen atoms in total. The van der Waals surface area contributed by atoms with Crippen molar-refractivity contribution in [3.05, 3.63) is 0 Å². The van der Waals surface area contributed by atoms with Crippen LogP contribution in [0.25, 0.3) is 0 Å². The van der Waals surface area contributed by atoms with Gasteiger partial charge in [0.1, 0.15) is 5.78 Å². The third-order valence-corrected chi connectivity index (χ3v) is 2.83. The Balaban J connectivity index is 4.22. The van der Waals surface area contributed by atoms with E-state index in [1.165, 1.54) is 0 Å². The molecule has 0 rings (SSSR count). The van der Waals surface area contributed by atoms with E-state index in [1.54, 1.807) is 0 Å². The van der Waals surface area contributed by atoms with Gasteiger partial charge in [0.2, 0.25) is 0 Å². The van der Waals surface area contributed by atoms with Crippen LogP contribution in [0.2, 0.25) is 0 Å². The molecule has 0 atom stereocenters. The summed E-state index contributed by atoms with van der Waals surface area (Å²) in [6.45, 7) is 10.5. The molecule has 0 saturated heterocycles. The number of hydrogen-bond donors (Lipinski definition) is 0. The average Bonchev–Trinajstić information content (AvgIpc) is 2.02. The number of hydrogen-bond acceptors (Lipinski definition) is 1. The zero-order valence-corrected chi connectivity index (χ0v) is 9.11. The highest BCUT2D eigenvalue weighted by molar-refractivity contribution is 5.84. The monoisotopic (exact) mass is 170 g/mol. The lowest BCUT2D eigenvalue weighted by atomic mass is 9.78. The molecule has 0 bridgehead atoms. The molecule has 0 aliphatic carbocycles. The highest BCUT2D eigenvalue weighted by atomic mass is 16.1. The van der Waals surface area contributed by atoms with E-state index in [-0.39, 0.29) is 5.41 Å². The Bertz CT molecular complexity index is 143. The number of carbonyl (C=O) groups excluding carboxylic acids is 1. The molecule has 0 heterocycles. The summed E-state index contributed by atoms with van der Waals surface area (Å²) in [5, 5.41) is 0. The molecule has 12 heavy (non-hydrogen) atoms. The van der Waals surface area contributed by atoms with Crippen LogP contribution in [0.15, 0.2) is 0 Å². The quantitative estimate of drug-likeness (QED) is 0.618. The van der Waals surface area contributed by atoms with Crippen LogP contribution >= 0.6 is 0 Å². The number of carbonyl (C=O) groups is 1. The minimum Gasteiger partial charge on any atom is -0.299 e. The van der Waals surface area contributed by atoms with Gasteiger partial charge in [0.15, 0.2) is 0 Å². The van der Waals surface area contributed by atoms with Gasteiger partial charge >= 0.3 is 0 Å². The average molecular weight is 170 g/mol. The van der Waals surface area contributed by atoms with Gasteiger partial charge in [-0.05, 0) is 18.8 Å². The topological polar surface area (TPSA) is 17.1 Å². The molecule has 0 amide bonds. The normalized spacial score (nSPS) is 12.2. The second-order valence-electron chi connectivity index (χ2n) is 4.29. The van der Waals surface area contributed by atoms with E-state index in [2.05, 4.69) is 34.6 Å². The molecule has 0 fully saturated rings. The van der Waals surface area contributed by atoms with Gasteiger partial charge in [-0.1, -0.05) is 34.6 Å². The first-order chi connectivity index (χ1) is 5.46. The van der Waals surface area contributed by atoms with Crippen molar-refractivity contribution < 1.29 is 4.79 Å². The molecule has 0 aliphatic heterocycles. The van der Waals surface area contributed by atoms with Gasteiger partial charge in [0.25, 0.3) is 0 Å². The van der Waals surface area contributed by atoms with Crippen molar-refractivity contribution >= 4 is 5.78 Å². The summed E-state index contributed by atoms with van der Waals surface area (Å²) in [6, 6.07) is 0. The summed E-state index contributed by atoms with van der Waals surface area (Å²) >= 11 is 0. The van der Waals surface area contributed by atoms with Gasteiger partial charge in [-0.2, -0.15) is 0 Å². The first-order valence-corrected chi connectivity index (χ1v) is 4.99. The van der Waals surface area contributed by atoms with Gasteiger partial charge in [-0.3, -0.25) is 4.79 Å². The summed E-state index contributed by atoms with van der Waals surface area (Å²) in [5.41, 5.74) is -0.0652. The molecule has 0 saturated carbocycles. The van der Waals surface area contributed by atoms with Crippen LogP contribution in [-0.2, 0) is 4.79 Å². The van der Waals surface area contributed by atoms with Gasteiger partial charge in [-0.15, -0.1) is 0 Å². The Morgan fingerprint density at radius 2 is 1.67 bits per heavy atom. The van der Waals surface area contributed by atoms with Crippen molar-refractivity contribution in [2.24, 2.45) is 11.3 Å². The highest BCUT2D eigenvalue weighted by Gasteiger charge is 2.28. The van der Waals surface area contributed by atoms with Gasteiger partial charge in [0.05, 0.1) is 0 Å². The molecule has 0 spiro atoms. The summed E-state index contributed by atoms with van der Waals surface area (Å²) in [4.78, 5) is 11.7. The fourth-order valence-corrected chi connectivity index (χ4v) is 1.26. The fourth-order valence-electron chi connectivity index (χ4n) is 1.26. The Morgan fingerprint density at radius 3 is 1.92 bits per heavy atom. The maximum atomic E-state index is 11.7. The Kier molecular flexibility index (Phi) is 4.51. The summed E-state index contributed by atoms with van der Waals surface area (Å²) < 4.78 is 0. The maximum absolute atomic E-state index is 11.7. The predicted molar refractivity (Wildman–Crippen MR) is 53.2 cm³/mol. The molecule has 0 N–H and O–H groups in total. The predicted octanol–water partition coefficient (Wildman–Crippen LogP) is 3.43. The Hall–Kier alpha value is -0.330. The van der Waals surface area contributed by atoms with Crippen molar-refractivity contribution in [1.82, 2.24) is 0 Å². The molecule has 1 heteroatoms. The van der Waals surface area contributed by atoms with Gasteiger partial charge < -0.3 is 0 Å². The number of ketones is 1. The minimum absolute atomic E-state index is 0.0652. The second kappa shape index (κ2) is 4.64. The summed E-state index contributed by atoms with van der Waals surface area (Å²) in [5.74, 6) is 0.928. The molecule has 0 aromatic rings. The molecular formula is C11H22O. The van der Waals surface area contributed by atoms with Crippen molar-refractivity contribution in [2.45, 2.75) is 53.9 Å². The summed E-state index contributed by atoms with van der Waals surface area (Å²) in [6.07, 6.45) is 2.67. The molecule has 72 valence electrons. The Labute approximate surface area is 76.6 Å². The van der Waals surface area contributed by atoms with Crippen LogP contribution in [-0.4, -0.2) is 5.78 Å². The van der Waals surface area contributed by atoms with Crippen LogP contribution < -0.4 is 0 Å². The summed E-state index contributed by atoms with van der Waals surface area (Å²) in [7, 11) is 0. The van der Waals surface area contributed by atoms with Crippen molar-refractivity contribution in [1.29, 1.82) is 0 Å². The number of rotatable bonds is 5. The van der Waals surface area contributed by atoms with Crippen LogP contribution in [0.1, 0.15) is 53.9 Å². The van der Waals surface area contributed by atoms with Crippen molar-refractivity contribution in [2.75, 3.05) is 0 Å². The van der Waals surface area contributed by atoms with Crippen LogP contribution in [0.5, 0.6) is 0 Å². The first-order valence-electron chi connectivity index (χ1n) is 4.99. The van der Waals surface area contributed by atoms with Crippen LogP contribution in [0.4, 0.5) is 0 Å². The third kappa shape index (κ3) is 2.96. The molecule has 0 aliphatic rings. The van der Waals surface area contributed by atoms with E-state index in [9.17, 15) is 4.79 Å². The maximum Gasteiger partial charge on any atom is 0.138 e. The number of Topliss-reactive ketones (excluding diaryl/α,β-unsaturated/α-hetero) is 1. The second-order valence-corrected chi connectivity index (χ2v) is 4.29. The fraction of sp³-hybridized carbons (Fsp3) is 0.909. The zero-order valence-electron chi connectivity index (χ0n) is 9.11. The van der Waals surface area contributed by atoms with Crippen molar-refractivity contribution in [3.63, 3.8) is 0 Å². The lowest BCUT2D eigenvalue weighted by Gasteiger charge is -2.25. The zero-order chi connectivity index (χ0) is 9.78. The SMILES string of the molecule is CCC(C)(CC)C(=O)CC(C)C. The lowest BCUT2D eigenvalue weighted by Crippen LogP contribution is -2.27. The van der Waals surface area contributed by atoms with E-state index in [0.29, 0.717) is 11.7 Å². The van der Waals surface area contributed by atoms with Crippen molar-refractivity contribution in [3.8, 4) is 0 Å². The largest absolute Gasteiger partial charge is 0.299 e. The third-order valence-electron chi connectivity index (χ3n) is 2.83. The smallest absolute Gasteiger partial charge is 0.138 e. The minimum atomic E-state index is -0.0652. The van der Waals surface area contributed by atoms with E-state index in [4.69, 9.17) is 0 Å². The Morgan fingerprint density at radius 1 is 1.25 bits per heavy atom. The molecule has 0 radical (unpaired) electrons. The van der Waals surface area contributed by atoms with Gasteiger partial charge in [0, 0.05) is 11.8 Å². The molecule has 0 unspecified atom stereocenters. The van der Waals surface area contributed by atoms with E-state index in [1.807, 2.05) is 0 Å². The van der Waals surface area contributed by atoms with E-state index >= 15 is 0 Å². The first kappa shape index (κ1) is 11.7. The van der Waals surface area contributed by atoms with Gasteiger partial charge in [-0.25, -0.2) is 0 Å². The van der Waals surface area contributed by atoms with Crippen LogP contribution in [0, 0.1) is 11.3 Å². The molecule has 0 aromatic heterocycles. The highest BCUT2D eigenvalue weighted by Crippen LogP contribution is 2.29. The lowest BCUT2D eigenvalue weighted by molar-refractivity contribution is -0.129. The standard InChI is InChI=1S/C11H22O/c1-6-11(5,7-2)10(12)8-9(3)4/h9H,6-8H2,1-5H3. The molecular weight excluding hydrogens is 148 g/mol. The molecule has 0 aromatic carbocycles. The van der Waals surface area contributed by atoms with E-state index < -0.39 is 0 Å². The van der Waals surface area contributed by atoms with E-state index in [0.717, 1.165) is 19.3 Å².